The van der Waals surface area contributed by atoms with E-state index in [2.05, 4.69) is 8.37 Å². The fraction of sp³-hybridized carbons (Fsp3) is 0.850. The van der Waals surface area contributed by atoms with Crippen LogP contribution in [0.4, 0.5) is 0 Å². The number of ether oxygens (including phenoxy) is 5. The van der Waals surface area contributed by atoms with Gasteiger partial charge in [-0.25, -0.2) is 13.2 Å². The van der Waals surface area contributed by atoms with Gasteiger partial charge in [-0.1, -0.05) is 0 Å². The van der Waals surface area contributed by atoms with Crippen LogP contribution in [0.5, 0.6) is 0 Å². The number of rotatable bonds is 12. The standard InChI is InChI=1S/C20H32O21S2/c1-6-12(22)16(41-43(32,33)34)15(25)20(38-6)35-3-7-8(18(28)39-11(13(7)23)5-37-42(29,30)31)4-36-19-14(24)9(21)2-10(40-19)17(26)27/h2,6-9,11-16,18-25,28H,3-5H2,1H3,(H,26,27)(H,29,30,31)(H,32,33,34)/t6?,7?,8?,9?,11?,12-,13+,14?,15?,16?,18?,19+,20+/m0/s1. The largest absolute Gasteiger partial charge is 0.475 e. The number of carbonyl (C=O) groups is 1. The minimum Gasteiger partial charge on any atom is -0.475 e. The van der Waals surface area contributed by atoms with Gasteiger partial charge in [0.2, 0.25) is 12.0 Å². The molecule has 9 N–H and O–H groups in total. The zero-order valence-corrected chi connectivity index (χ0v) is 23.6. The van der Waals surface area contributed by atoms with Crippen molar-refractivity contribution in [2.24, 2.45) is 11.8 Å². The van der Waals surface area contributed by atoms with E-state index in [9.17, 15) is 52.3 Å². The lowest BCUT2D eigenvalue weighted by molar-refractivity contribution is -0.312. The van der Waals surface area contributed by atoms with E-state index in [0.29, 0.717) is 6.08 Å². The van der Waals surface area contributed by atoms with Crippen LogP contribution in [0.1, 0.15) is 6.92 Å². The van der Waals surface area contributed by atoms with Gasteiger partial charge in [-0.2, -0.15) is 16.8 Å². The first-order valence-corrected chi connectivity index (χ1v) is 15.0. The highest BCUT2D eigenvalue weighted by atomic mass is 32.3. The molecule has 250 valence electrons. The number of aliphatic carboxylic acids is 1. The monoisotopic (exact) mass is 672 g/mol. The second kappa shape index (κ2) is 14.2. The van der Waals surface area contributed by atoms with Crippen LogP contribution in [0.25, 0.3) is 0 Å². The first-order valence-electron chi connectivity index (χ1n) is 12.3. The van der Waals surface area contributed by atoms with Crippen molar-refractivity contribution in [2.75, 3.05) is 19.8 Å². The molecule has 0 aromatic carbocycles. The molecule has 0 radical (unpaired) electrons. The van der Waals surface area contributed by atoms with Gasteiger partial charge in [-0.15, -0.1) is 0 Å². The highest BCUT2D eigenvalue weighted by Crippen LogP contribution is 2.34. The fourth-order valence-electron chi connectivity index (χ4n) is 4.52. The third kappa shape index (κ3) is 9.42. The van der Waals surface area contributed by atoms with Crippen molar-refractivity contribution < 1.29 is 98.5 Å². The van der Waals surface area contributed by atoms with Gasteiger partial charge >= 0.3 is 26.8 Å². The van der Waals surface area contributed by atoms with Crippen LogP contribution >= 0.6 is 0 Å². The van der Waals surface area contributed by atoms with Gasteiger partial charge < -0.3 is 59.4 Å². The third-order valence-corrected chi connectivity index (χ3v) is 7.66. The van der Waals surface area contributed by atoms with Crippen molar-refractivity contribution >= 4 is 26.8 Å². The van der Waals surface area contributed by atoms with Crippen LogP contribution in [0.15, 0.2) is 11.8 Å². The van der Waals surface area contributed by atoms with Crippen LogP contribution in [-0.4, -0.2) is 155 Å². The van der Waals surface area contributed by atoms with Crippen LogP contribution < -0.4 is 0 Å². The number of hydrogen-bond acceptors (Lipinski definition) is 18. The third-order valence-electron chi connectivity index (χ3n) is 6.76. The lowest BCUT2D eigenvalue weighted by atomic mass is 9.83. The topological polar surface area (TPSA) is 332 Å². The summed E-state index contributed by atoms with van der Waals surface area (Å²) in [5.74, 6) is -5.13. The normalized spacial score (nSPS) is 40.9. The Morgan fingerprint density at radius 1 is 0.814 bits per heavy atom. The predicted octanol–water partition coefficient (Wildman–Crippen LogP) is -5.15. The summed E-state index contributed by atoms with van der Waals surface area (Å²) in [6.45, 7) is -1.21. The molecule has 0 aliphatic carbocycles. The Hall–Kier alpha value is -1.65. The van der Waals surface area contributed by atoms with Gasteiger partial charge in [0, 0.05) is 11.8 Å². The van der Waals surface area contributed by atoms with E-state index in [1.54, 1.807) is 0 Å². The second-order valence-electron chi connectivity index (χ2n) is 9.75. The smallest absolute Gasteiger partial charge is 0.397 e. The molecule has 2 saturated heterocycles. The second-order valence-corrected chi connectivity index (χ2v) is 11.9. The van der Waals surface area contributed by atoms with Crippen molar-refractivity contribution in [1.82, 2.24) is 0 Å². The molecule has 23 heteroatoms. The van der Waals surface area contributed by atoms with Gasteiger partial charge in [0.1, 0.15) is 36.6 Å². The maximum Gasteiger partial charge on any atom is 0.397 e. The number of aliphatic hydroxyl groups excluding tert-OH is 6. The summed E-state index contributed by atoms with van der Waals surface area (Å²) in [6.07, 6.45) is -18.8. The number of aliphatic hydroxyl groups is 6. The first-order chi connectivity index (χ1) is 19.8. The minimum atomic E-state index is -5.17. The highest BCUT2D eigenvalue weighted by Gasteiger charge is 2.50. The van der Waals surface area contributed by atoms with Gasteiger partial charge in [0.15, 0.2) is 12.6 Å². The molecule has 3 aliphatic rings. The maximum atomic E-state index is 11.3. The Kier molecular flexibility index (Phi) is 11.8. The Bertz CT molecular complexity index is 1210. The summed E-state index contributed by atoms with van der Waals surface area (Å²) in [4.78, 5) is 11.3. The summed E-state index contributed by atoms with van der Waals surface area (Å²) >= 11 is 0. The van der Waals surface area contributed by atoms with Gasteiger partial charge in [-0.3, -0.25) is 9.11 Å². The van der Waals surface area contributed by atoms with Crippen molar-refractivity contribution in [2.45, 2.75) is 74.6 Å². The van der Waals surface area contributed by atoms with Crippen LogP contribution in [0.2, 0.25) is 0 Å². The molecule has 43 heavy (non-hydrogen) atoms. The summed E-state index contributed by atoms with van der Waals surface area (Å²) in [7, 11) is -10.2. The Balaban J connectivity index is 1.80. The number of hydrogen-bond donors (Lipinski definition) is 9. The van der Waals surface area contributed by atoms with Crippen LogP contribution in [-0.2, 0) is 57.6 Å². The van der Waals surface area contributed by atoms with Gasteiger partial charge in [-0.05, 0) is 13.0 Å². The van der Waals surface area contributed by atoms with Crippen molar-refractivity contribution in [3.05, 3.63) is 11.8 Å². The SMILES string of the molecule is CC1O[C@@H](OCC2C(CO[C@@H]3OC(C(=O)O)=CC(O)C3O)C(O)OC(COS(=O)(=O)O)[C@@H]2O)C(O)C(OS(=O)(=O)O)[C@H]1O. The zero-order valence-electron chi connectivity index (χ0n) is 21.9. The zero-order chi connectivity index (χ0) is 32.4. The van der Waals surface area contributed by atoms with Crippen LogP contribution in [0, 0.1) is 11.8 Å². The molecule has 21 nitrogen and oxygen atoms in total. The molecule has 3 heterocycles. The van der Waals surface area contributed by atoms with E-state index in [-0.39, 0.29) is 0 Å². The van der Waals surface area contributed by atoms with E-state index in [4.69, 9.17) is 37.9 Å². The van der Waals surface area contributed by atoms with Crippen molar-refractivity contribution in [3.63, 3.8) is 0 Å². The summed E-state index contributed by atoms with van der Waals surface area (Å²) in [5, 5.41) is 71.5. The van der Waals surface area contributed by atoms with Crippen molar-refractivity contribution in [1.29, 1.82) is 0 Å². The van der Waals surface area contributed by atoms with Crippen molar-refractivity contribution in [3.8, 4) is 0 Å². The molecule has 0 amide bonds. The van der Waals surface area contributed by atoms with E-state index < -0.39 is 132 Å². The van der Waals surface area contributed by atoms with Crippen LogP contribution in [0.3, 0.4) is 0 Å². The lowest BCUT2D eigenvalue weighted by Gasteiger charge is -2.45. The predicted molar refractivity (Wildman–Crippen MR) is 129 cm³/mol. The average Bonchev–Trinajstić information content (AvgIpc) is 2.88. The number of carboxylic acid groups (broad SMARTS) is 1. The fourth-order valence-corrected chi connectivity index (χ4v) is 5.34. The molecule has 3 aliphatic heterocycles. The molecule has 0 spiro atoms. The number of carboxylic acids is 1. The molecule has 0 saturated carbocycles. The summed E-state index contributed by atoms with van der Waals surface area (Å²) < 4.78 is 97.2. The Morgan fingerprint density at radius 2 is 1.42 bits per heavy atom. The minimum absolute atomic E-state index is 0.706. The van der Waals surface area contributed by atoms with Gasteiger partial charge in [0.25, 0.3) is 0 Å². The molecule has 9 unspecified atom stereocenters. The Morgan fingerprint density at radius 3 is 2.00 bits per heavy atom. The summed E-state index contributed by atoms with van der Waals surface area (Å²) in [6, 6.07) is 0. The van der Waals surface area contributed by atoms with E-state index in [1.807, 2.05) is 0 Å². The van der Waals surface area contributed by atoms with E-state index in [1.165, 1.54) is 6.92 Å². The molecule has 3 rings (SSSR count). The maximum absolute atomic E-state index is 11.3. The molecule has 0 bridgehead atoms. The van der Waals surface area contributed by atoms with E-state index >= 15 is 0 Å². The van der Waals surface area contributed by atoms with Gasteiger partial charge in [0.05, 0.1) is 32.0 Å². The lowest BCUT2D eigenvalue weighted by Crippen LogP contribution is -2.60. The average molecular weight is 673 g/mol. The molecule has 2 fully saturated rings. The molecule has 0 aromatic rings. The quantitative estimate of drug-likeness (QED) is 0.0875. The Labute approximate surface area is 243 Å². The summed E-state index contributed by atoms with van der Waals surface area (Å²) in [5.41, 5.74) is 0. The molecular weight excluding hydrogens is 640 g/mol. The van der Waals surface area contributed by atoms with E-state index in [0.717, 1.165) is 0 Å². The molecule has 0 aromatic heterocycles. The first kappa shape index (κ1) is 35.8. The molecule has 13 atom stereocenters. The highest BCUT2D eigenvalue weighted by molar-refractivity contribution is 7.81. The molecular formula is C20H32O21S2.